The number of guanidine groups is 1. The van der Waals surface area contributed by atoms with Gasteiger partial charge < -0.3 is 15.0 Å². The van der Waals surface area contributed by atoms with Crippen molar-refractivity contribution in [1.29, 1.82) is 0 Å². The van der Waals surface area contributed by atoms with E-state index in [0.29, 0.717) is 13.2 Å². The molecule has 1 heterocycles. The number of hydrogen-bond donors (Lipinski definition) is 1. The number of nitrogens with zero attached hydrogens (tertiary/aromatic N) is 2. The van der Waals surface area contributed by atoms with Crippen molar-refractivity contribution in [2.45, 2.75) is 12.8 Å². The van der Waals surface area contributed by atoms with Crippen LogP contribution in [-0.4, -0.2) is 71.2 Å². The summed E-state index contributed by atoms with van der Waals surface area (Å²) in [6.45, 7) is 3.49. The van der Waals surface area contributed by atoms with E-state index in [1.54, 1.807) is 7.05 Å². The fourth-order valence-electron chi connectivity index (χ4n) is 1.81. The summed E-state index contributed by atoms with van der Waals surface area (Å²) in [4.78, 5) is 6.43. The Bertz CT molecular complexity index is 367. The number of rotatable bonds is 6. The van der Waals surface area contributed by atoms with Crippen LogP contribution in [0.15, 0.2) is 4.99 Å². The number of halogens is 1. The maximum atomic E-state index is 10.9. The zero-order valence-corrected chi connectivity index (χ0v) is 14.7. The molecule has 114 valence electrons. The molecule has 0 aliphatic carbocycles. The Balaban J connectivity index is 0.00000324. The predicted molar refractivity (Wildman–Crippen MR) is 88.1 cm³/mol. The molecule has 0 saturated carbocycles. The topological polar surface area (TPSA) is 71.0 Å². The Hall–Kier alpha value is -0.0900. The Labute approximate surface area is 132 Å². The molecule has 1 aliphatic heterocycles. The monoisotopic (exact) mass is 405 g/mol. The molecule has 0 radical (unpaired) electrons. The number of hydrogen-bond acceptors (Lipinski definition) is 4. The van der Waals surface area contributed by atoms with Crippen molar-refractivity contribution in [2.24, 2.45) is 4.99 Å². The number of nitrogens with one attached hydrogen (secondary N) is 1. The average Bonchev–Trinajstić information content (AvgIpc) is 2.80. The molecule has 0 amide bonds. The van der Waals surface area contributed by atoms with Crippen molar-refractivity contribution in [3.05, 3.63) is 0 Å². The first-order chi connectivity index (χ1) is 8.53. The van der Waals surface area contributed by atoms with Crippen LogP contribution in [0.5, 0.6) is 0 Å². The van der Waals surface area contributed by atoms with Crippen LogP contribution in [0.1, 0.15) is 12.8 Å². The Kier molecular flexibility index (Phi) is 9.71. The maximum Gasteiger partial charge on any atom is 0.193 e. The van der Waals surface area contributed by atoms with Gasteiger partial charge in [0.25, 0.3) is 0 Å². The molecule has 1 saturated heterocycles. The number of sulfone groups is 1. The van der Waals surface area contributed by atoms with Gasteiger partial charge in [-0.15, -0.1) is 24.0 Å². The second-order valence-corrected chi connectivity index (χ2v) is 6.67. The van der Waals surface area contributed by atoms with Gasteiger partial charge in [-0.05, 0) is 12.8 Å². The lowest BCUT2D eigenvalue weighted by atomic mass is 10.4. The third-order valence-corrected chi connectivity index (χ3v) is 3.65. The minimum atomic E-state index is -2.92. The van der Waals surface area contributed by atoms with Crippen LogP contribution in [0.25, 0.3) is 0 Å². The molecule has 0 bridgehead atoms. The molecular formula is C11H24IN3O3S. The van der Waals surface area contributed by atoms with Gasteiger partial charge in [-0.2, -0.15) is 0 Å². The fourth-order valence-corrected chi connectivity index (χ4v) is 2.23. The minimum Gasteiger partial charge on any atom is -0.379 e. The van der Waals surface area contributed by atoms with Gasteiger partial charge in [0.2, 0.25) is 0 Å². The van der Waals surface area contributed by atoms with Crippen LogP contribution in [0.2, 0.25) is 0 Å². The molecule has 1 rings (SSSR count). The zero-order chi connectivity index (χ0) is 13.4. The third-order valence-electron chi connectivity index (χ3n) is 2.75. The summed E-state index contributed by atoms with van der Waals surface area (Å²) in [6.07, 6.45) is 3.64. The van der Waals surface area contributed by atoms with Crippen LogP contribution in [0, 0.1) is 0 Å². The van der Waals surface area contributed by atoms with Gasteiger partial charge in [-0.1, -0.05) is 0 Å². The van der Waals surface area contributed by atoms with Crippen LogP contribution < -0.4 is 5.32 Å². The quantitative estimate of drug-likeness (QED) is 0.299. The largest absolute Gasteiger partial charge is 0.379 e. The molecule has 19 heavy (non-hydrogen) atoms. The van der Waals surface area contributed by atoms with E-state index in [-0.39, 0.29) is 36.3 Å². The summed E-state index contributed by atoms with van der Waals surface area (Å²) in [7, 11) is -1.15. The second kappa shape index (κ2) is 9.76. The molecule has 0 aromatic carbocycles. The van der Waals surface area contributed by atoms with Gasteiger partial charge in [0, 0.05) is 32.9 Å². The first-order valence-corrected chi connectivity index (χ1v) is 8.30. The highest BCUT2D eigenvalue weighted by molar-refractivity contribution is 14.0. The Morgan fingerprint density at radius 3 is 2.47 bits per heavy atom. The lowest BCUT2D eigenvalue weighted by Gasteiger charge is -2.20. The van der Waals surface area contributed by atoms with Crippen molar-refractivity contribution in [3.8, 4) is 0 Å². The highest BCUT2D eigenvalue weighted by atomic mass is 127. The molecule has 1 aliphatic rings. The predicted octanol–water partition coefficient (Wildman–Crippen LogP) is 0.337. The van der Waals surface area contributed by atoms with Crippen LogP contribution in [-0.2, 0) is 14.6 Å². The van der Waals surface area contributed by atoms with E-state index in [2.05, 4.69) is 15.2 Å². The first-order valence-electron chi connectivity index (χ1n) is 6.24. The summed E-state index contributed by atoms with van der Waals surface area (Å²) in [5, 5.41) is 3.21. The Morgan fingerprint density at radius 1 is 1.32 bits per heavy atom. The third kappa shape index (κ3) is 8.64. The normalized spacial score (nSPS) is 16.3. The van der Waals surface area contributed by atoms with E-state index in [1.807, 2.05) is 0 Å². The van der Waals surface area contributed by atoms with E-state index in [4.69, 9.17) is 4.74 Å². The summed E-state index contributed by atoms with van der Waals surface area (Å²) in [5.74, 6) is 0.979. The highest BCUT2D eigenvalue weighted by Gasteiger charge is 2.14. The number of ether oxygens (including phenoxy) is 1. The van der Waals surface area contributed by atoms with Gasteiger partial charge in [-0.25, -0.2) is 8.42 Å². The van der Waals surface area contributed by atoms with Crippen LogP contribution >= 0.6 is 24.0 Å². The summed E-state index contributed by atoms with van der Waals surface area (Å²) in [5.41, 5.74) is 0. The molecule has 6 nitrogen and oxygen atoms in total. The lowest BCUT2D eigenvalue weighted by molar-refractivity contribution is 0.153. The lowest BCUT2D eigenvalue weighted by Crippen LogP contribution is -2.41. The average molecular weight is 405 g/mol. The van der Waals surface area contributed by atoms with E-state index in [0.717, 1.165) is 19.0 Å². The summed E-state index contributed by atoms with van der Waals surface area (Å²) < 4.78 is 27.0. The minimum absolute atomic E-state index is 0. The molecule has 0 aromatic rings. The van der Waals surface area contributed by atoms with E-state index < -0.39 is 9.84 Å². The maximum absolute atomic E-state index is 10.9. The van der Waals surface area contributed by atoms with Gasteiger partial charge in [0.05, 0.1) is 19.0 Å². The molecule has 1 fully saturated rings. The molecule has 0 unspecified atom stereocenters. The van der Waals surface area contributed by atoms with Crippen molar-refractivity contribution in [3.63, 3.8) is 0 Å². The molecular weight excluding hydrogens is 381 g/mol. The van der Waals surface area contributed by atoms with Crippen LogP contribution in [0.3, 0.4) is 0 Å². The molecule has 1 N–H and O–H groups in total. The van der Waals surface area contributed by atoms with Crippen LogP contribution in [0.4, 0.5) is 0 Å². The van der Waals surface area contributed by atoms with E-state index in [1.165, 1.54) is 19.1 Å². The summed E-state index contributed by atoms with van der Waals surface area (Å²) in [6, 6.07) is 0. The number of aliphatic imine (C=N–C) groups is 1. The van der Waals surface area contributed by atoms with Gasteiger partial charge in [0.15, 0.2) is 5.96 Å². The molecule has 8 heteroatoms. The Morgan fingerprint density at radius 2 is 1.95 bits per heavy atom. The van der Waals surface area contributed by atoms with Gasteiger partial charge in [-0.3, -0.25) is 4.99 Å². The molecule has 0 aromatic heterocycles. The van der Waals surface area contributed by atoms with Gasteiger partial charge >= 0.3 is 0 Å². The standard InChI is InChI=1S/C11H23N3O3S.HI/c1-12-11(14-6-3-4-7-14)13-5-8-17-9-10-18(2,15)16;/h3-10H2,1-2H3,(H,12,13);1H. The SMILES string of the molecule is CN=C(NCCOCCS(C)(=O)=O)N1CCCC1.I. The molecule has 0 spiro atoms. The van der Waals surface area contributed by atoms with Crippen molar-refractivity contribution < 1.29 is 13.2 Å². The summed E-state index contributed by atoms with van der Waals surface area (Å²) >= 11 is 0. The highest BCUT2D eigenvalue weighted by Crippen LogP contribution is 2.06. The van der Waals surface area contributed by atoms with Crippen molar-refractivity contribution in [1.82, 2.24) is 10.2 Å². The van der Waals surface area contributed by atoms with E-state index in [9.17, 15) is 8.42 Å². The second-order valence-electron chi connectivity index (χ2n) is 4.41. The van der Waals surface area contributed by atoms with Crippen molar-refractivity contribution in [2.75, 3.05) is 51.9 Å². The fraction of sp³-hybridized carbons (Fsp3) is 0.909. The molecule has 0 atom stereocenters. The number of likely N-dealkylation sites (tertiary alicyclic amines) is 1. The first kappa shape index (κ1) is 18.9. The smallest absolute Gasteiger partial charge is 0.193 e. The van der Waals surface area contributed by atoms with E-state index >= 15 is 0 Å². The van der Waals surface area contributed by atoms with Gasteiger partial charge in [0.1, 0.15) is 9.84 Å². The zero-order valence-electron chi connectivity index (χ0n) is 11.6. The van der Waals surface area contributed by atoms with Crippen molar-refractivity contribution >= 4 is 39.8 Å².